The molecule has 1 heterocycles. The molecule has 1 saturated carbocycles. The number of carbonyl (C=O) groups excluding carboxylic acids is 2. The van der Waals surface area contributed by atoms with E-state index in [-0.39, 0.29) is 23.7 Å². The highest BCUT2D eigenvalue weighted by atomic mass is 16.2. The second-order valence-electron chi connectivity index (χ2n) is 8.89. The summed E-state index contributed by atoms with van der Waals surface area (Å²) in [5.74, 6) is 1.06. The van der Waals surface area contributed by atoms with Crippen LogP contribution in [0.2, 0.25) is 0 Å². The van der Waals surface area contributed by atoms with Crippen LogP contribution in [0.15, 0.2) is 30.3 Å². The van der Waals surface area contributed by atoms with E-state index in [9.17, 15) is 9.59 Å². The van der Waals surface area contributed by atoms with Crippen LogP contribution >= 0.6 is 0 Å². The topological polar surface area (TPSA) is 85.3 Å². The van der Waals surface area contributed by atoms with Gasteiger partial charge in [-0.3, -0.25) is 19.9 Å². The summed E-state index contributed by atoms with van der Waals surface area (Å²) in [6.07, 6.45) is 4.19. The molecule has 28 heavy (non-hydrogen) atoms. The van der Waals surface area contributed by atoms with Gasteiger partial charge >= 0.3 is 0 Å². The SMILES string of the molecule is CC(C)CC1(C)NC(=N)N(CC2CCC(C(=O)Nc3ccccc3)CC2)C1=O. The molecule has 2 fully saturated rings. The van der Waals surface area contributed by atoms with E-state index in [1.807, 2.05) is 37.3 Å². The number of guanidine groups is 1. The Morgan fingerprint density at radius 3 is 2.50 bits per heavy atom. The molecule has 1 aromatic carbocycles. The van der Waals surface area contributed by atoms with Gasteiger partial charge in [0, 0.05) is 18.2 Å². The maximum atomic E-state index is 12.9. The molecular weight excluding hydrogens is 352 g/mol. The zero-order valence-corrected chi connectivity index (χ0v) is 17.1. The van der Waals surface area contributed by atoms with Gasteiger partial charge in [-0.25, -0.2) is 0 Å². The second-order valence-corrected chi connectivity index (χ2v) is 8.89. The molecule has 0 aromatic heterocycles. The first-order chi connectivity index (χ1) is 13.3. The van der Waals surface area contributed by atoms with Crippen molar-refractivity contribution in [1.82, 2.24) is 10.2 Å². The van der Waals surface area contributed by atoms with Crippen LogP contribution in [0.25, 0.3) is 0 Å². The van der Waals surface area contributed by atoms with Crippen molar-refractivity contribution in [1.29, 1.82) is 5.41 Å². The largest absolute Gasteiger partial charge is 0.342 e. The van der Waals surface area contributed by atoms with Crippen LogP contribution in [-0.2, 0) is 9.59 Å². The number of amides is 2. The van der Waals surface area contributed by atoms with E-state index in [1.165, 1.54) is 0 Å². The highest BCUT2D eigenvalue weighted by Gasteiger charge is 2.46. The highest BCUT2D eigenvalue weighted by Crippen LogP contribution is 2.32. The van der Waals surface area contributed by atoms with Crippen LogP contribution in [0.5, 0.6) is 0 Å². The predicted octanol–water partition coefficient (Wildman–Crippen LogP) is 3.60. The van der Waals surface area contributed by atoms with Gasteiger partial charge in [0.2, 0.25) is 5.91 Å². The number of benzene rings is 1. The Morgan fingerprint density at radius 2 is 1.89 bits per heavy atom. The van der Waals surface area contributed by atoms with Crippen molar-refractivity contribution >= 4 is 23.5 Å². The second kappa shape index (κ2) is 8.33. The van der Waals surface area contributed by atoms with E-state index < -0.39 is 5.54 Å². The lowest BCUT2D eigenvalue weighted by molar-refractivity contribution is -0.131. The average Bonchev–Trinajstić information content (AvgIpc) is 2.85. The molecule has 1 atom stereocenters. The molecule has 1 saturated heterocycles. The number of nitrogens with zero attached hydrogens (tertiary/aromatic N) is 1. The molecule has 0 radical (unpaired) electrons. The maximum Gasteiger partial charge on any atom is 0.254 e. The monoisotopic (exact) mass is 384 g/mol. The normalized spacial score (nSPS) is 27.8. The molecule has 1 aliphatic heterocycles. The predicted molar refractivity (Wildman–Crippen MR) is 111 cm³/mol. The lowest BCUT2D eigenvalue weighted by Crippen LogP contribution is -2.45. The summed E-state index contributed by atoms with van der Waals surface area (Å²) < 4.78 is 0. The van der Waals surface area contributed by atoms with E-state index in [0.29, 0.717) is 18.4 Å². The van der Waals surface area contributed by atoms with Crippen LogP contribution in [0, 0.1) is 23.2 Å². The zero-order valence-electron chi connectivity index (χ0n) is 17.1. The zero-order chi connectivity index (χ0) is 20.3. The van der Waals surface area contributed by atoms with Crippen LogP contribution in [0.4, 0.5) is 5.69 Å². The molecule has 3 rings (SSSR count). The van der Waals surface area contributed by atoms with Gasteiger partial charge in [-0.1, -0.05) is 32.0 Å². The van der Waals surface area contributed by atoms with E-state index in [4.69, 9.17) is 5.41 Å². The van der Waals surface area contributed by atoms with Crippen molar-refractivity contribution in [3.05, 3.63) is 30.3 Å². The van der Waals surface area contributed by atoms with E-state index in [0.717, 1.165) is 37.8 Å². The molecule has 3 N–H and O–H groups in total. The molecule has 2 amide bonds. The fourth-order valence-electron chi connectivity index (χ4n) is 4.54. The summed E-state index contributed by atoms with van der Waals surface area (Å²) in [5.41, 5.74) is 0.166. The molecule has 1 aromatic rings. The average molecular weight is 385 g/mol. The fraction of sp³-hybridized carbons (Fsp3) is 0.591. The minimum absolute atomic E-state index is 0.00939. The molecule has 2 aliphatic rings. The van der Waals surface area contributed by atoms with Gasteiger partial charge < -0.3 is 10.6 Å². The van der Waals surface area contributed by atoms with Crippen molar-refractivity contribution in [3.63, 3.8) is 0 Å². The van der Waals surface area contributed by atoms with Gasteiger partial charge in [-0.05, 0) is 63.0 Å². The van der Waals surface area contributed by atoms with Crippen LogP contribution in [0.1, 0.15) is 52.9 Å². The third kappa shape index (κ3) is 4.54. The molecule has 1 unspecified atom stereocenters. The fourth-order valence-corrected chi connectivity index (χ4v) is 4.54. The maximum absolute atomic E-state index is 12.9. The molecule has 6 heteroatoms. The van der Waals surface area contributed by atoms with Crippen molar-refractivity contribution in [2.75, 3.05) is 11.9 Å². The smallest absolute Gasteiger partial charge is 0.254 e. The quantitative estimate of drug-likeness (QED) is 0.700. The number of anilines is 1. The van der Waals surface area contributed by atoms with Crippen molar-refractivity contribution in [2.45, 2.75) is 58.4 Å². The number of hydrogen-bond acceptors (Lipinski definition) is 3. The first kappa shape index (κ1) is 20.4. The molecule has 1 aliphatic carbocycles. The minimum Gasteiger partial charge on any atom is -0.342 e. The Morgan fingerprint density at radius 1 is 1.25 bits per heavy atom. The third-order valence-electron chi connectivity index (χ3n) is 5.90. The Bertz CT molecular complexity index is 725. The van der Waals surface area contributed by atoms with Gasteiger partial charge in [0.25, 0.3) is 5.91 Å². The first-order valence-corrected chi connectivity index (χ1v) is 10.3. The summed E-state index contributed by atoms with van der Waals surface area (Å²) in [7, 11) is 0. The summed E-state index contributed by atoms with van der Waals surface area (Å²) in [6, 6.07) is 9.55. The van der Waals surface area contributed by atoms with Crippen LogP contribution < -0.4 is 10.6 Å². The standard InChI is InChI=1S/C22H32N4O2/c1-15(2)13-22(3)20(28)26(21(23)25-22)14-16-9-11-17(12-10-16)19(27)24-18-7-5-4-6-8-18/h4-8,15-17H,9-14H2,1-3H3,(H2,23,25)(H,24,27). The summed E-state index contributed by atoms with van der Waals surface area (Å²) in [5, 5.41) is 14.3. The number of rotatable bonds is 6. The van der Waals surface area contributed by atoms with E-state index >= 15 is 0 Å². The van der Waals surface area contributed by atoms with Crippen molar-refractivity contribution < 1.29 is 9.59 Å². The van der Waals surface area contributed by atoms with Gasteiger partial charge in [0.1, 0.15) is 5.54 Å². The van der Waals surface area contributed by atoms with E-state index in [2.05, 4.69) is 24.5 Å². The number of nitrogens with one attached hydrogen (secondary N) is 3. The molecule has 6 nitrogen and oxygen atoms in total. The van der Waals surface area contributed by atoms with Gasteiger partial charge in [-0.15, -0.1) is 0 Å². The molecule has 0 spiro atoms. The third-order valence-corrected chi connectivity index (χ3v) is 5.90. The van der Waals surface area contributed by atoms with Crippen molar-refractivity contribution in [3.8, 4) is 0 Å². The van der Waals surface area contributed by atoms with Crippen LogP contribution in [0.3, 0.4) is 0 Å². The van der Waals surface area contributed by atoms with Gasteiger partial charge in [0.15, 0.2) is 5.96 Å². The Balaban J connectivity index is 1.51. The van der Waals surface area contributed by atoms with Gasteiger partial charge in [0.05, 0.1) is 0 Å². The summed E-state index contributed by atoms with van der Waals surface area (Å²) >= 11 is 0. The molecule has 0 bridgehead atoms. The summed E-state index contributed by atoms with van der Waals surface area (Å²) in [4.78, 5) is 27.0. The number of para-hydroxylation sites is 1. The molecular formula is C22H32N4O2. The minimum atomic E-state index is -0.669. The molecule has 152 valence electrons. The van der Waals surface area contributed by atoms with Gasteiger partial charge in [-0.2, -0.15) is 0 Å². The highest BCUT2D eigenvalue weighted by molar-refractivity contribution is 6.07. The van der Waals surface area contributed by atoms with E-state index in [1.54, 1.807) is 4.90 Å². The summed E-state index contributed by atoms with van der Waals surface area (Å²) in [6.45, 7) is 6.66. The first-order valence-electron chi connectivity index (χ1n) is 10.3. The Labute approximate surface area is 167 Å². The number of carbonyl (C=O) groups is 2. The Hall–Kier alpha value is -2.37. The lowest BCUT2D eigenvalue weighted by atomic mass is 9.81. The Kier molecular flexibility index (Phi) is 6.06. The van der Waals surface area contributed by atoms with Crippen molar-refractivity contribution in [2.24, 2.45) is 17.8 Å². The lowest BCUT2D eigenvalue weighted by Gasteiger charge is -2.30. The van der Waals surface area contributed by atoms with Crippen LogP contribution in [-0.4, -0.2) is 34.8 Å². The number of hydrogen-bond donors (Lipinski definition) is 3.